The average molecular weight is 226 g/mol. The Morgan fingerprint density at radius 1 is 1.38 bits per heavy atom. The van der Waals surface area contributed by atoms with Crippen LogP contribution >= 0.6 is 0 Å². The predicted molar refractivity (Wildman–Crippen MR) is 65.4 cm³/mol. The van der Waals surface area contributed by atoms with Crippen molar-refractivity contribution in [3.05, 3.63) is 0 Å². The number of nitrogens with one attached hydrogen (secondary N) is 2. The summed E-state index contributed by atoms with van der Waals surface area (Å²) in [4.78, 5) is 10.5. The molecule has 92 valence electrons. The molecule has 3 N–H and O–H groups in total. The first kappa shape index (κ1) is 14.8. The summed E-state index contributed by atoms with van der Waals surface area (Å²) in [6.45, 7) is 7.53. The van der Waals surface area contributed by atoms with Crippen LogP contribution in [0.5, 0.6) is 0 Å². The molecule has 0 atom stereocenters. The third-order valence-corrected chi connectivity index (χ3v) is 2.09. The van der Waals surface area contributed by atoms with Gasteiger partial charge in [-0.05, 0) is 33.2 Å². The van der Waals surface area contributed by atoms with Crippen molar-refractivity contribution in [1.29, 1.82) is 0 Å². The maximum Gasteiger partial charge on any atom is 0.405 e. The van der Waals surface area contributed by atoms with Gasteiger partial charge in [0, 0.05) is 12.0 Å². The highest BCUT2D eigenvalue weighted by molar-refractivity contribution is 5.65. The van der Waals surface area contributed by atoms with Gasteiger partial charge in [0.05, 0.1) is 6.54 Å². The summed E-state index contributed by atoms with van der Waals surface area (Å²) in [7, 11) is 0. The van der Waals surface area contributed by atoms with Crippen molar-refractivity contribution in [2.24, 2.45) is 0 Å². The normalized spacial score (nSPS) is 10.4. The molecule has 1 amide bonds. The second-order valence-electron chi connectivity index (χ2n) is 4.34. The summed E-state index contributed by atoms with van der Waals surface area (Å²) in [5, 5.41) is 14.2. The molecule has 0 saturated heterocycles. The number of carbonyl (C=O) groups is 1. The number of amides is 1. The van der Waals surface area contributed by atoms with Gasteiger partial charge in [0.25, 0.3) is 0 Å². The molecule has 0 aromatic carbocycles. The lowest BCUT2D eigenvalue weighted by atomic mass is 9.99. The Bertz CT molecular complexity index is 264. The smallest absolute Gasteiger partial charge is 0.405 e. The Morgan fingerprint density at radius 3 is 2.62 bits per heavy atom. The van der Waals surface area contributed by atoms with Crippen molar-refractivity contribution in [3.63, 3.8) is 0 Å². The van der Waals surface area contributed by atoms with Gasteiger partial charge in [-0.15, -0.1) is 5.92 Å². The fraction of sp³-hybridized carbons (Fsp3) is 0.750. The summed E-state index contributed by atoms with van der Waals surface area (Å²) in [6.07, 6.45) is 1.56. The van der Waals surface area contributed by atoms with E-state index in [-0.39, 0.29) is 0 Å². The quantitative estimate of drug-likeness (QED) is 0.478. The highest BCUT2D eigenvalue weighted by Gasteiger charge is 2.18. The Labute approximate surface area is 97.8 Å². The maximum atomic E-state index is 10.5. The second kappa shape index (κ2) is 8.00. The zero-order valence-electron chi connectivity index (χ0n) is 10.4. The van der Waals surface area contributed by atoms with E-state index in [0.717, 1.165) is 19.4 Å². The molecule has 4 heteroatoms. The number of hydrogen-bond acceptors (Lipinski definition) is 2. The fourth-order valence-electron chi connectivity index (χ4n) is 1.21. The third-order valence-electron chi connectivity index (χ3n) is 2.09. The second-order valence-corrected chi connectivity index (χ2v) is 4.34. The molecule has 0 radical (unpaired) electrons. The Balaban J connectivity index is 3.66. The third kappa shape index (κ3) is 9.35. The minimum absolute atomic E-state index is 0.405. The zero-order chi connectivity index (χ0) is 12.4. The molecule has 0 unspecified atom stereocenters. The molecule has 4 nitrogen and oxygen atoms in total. The van der Waals surface area contributed by atoms with Crippen LogP contribution in [0.4, 0.5) is 4.79 Å². The lowest BCUT2D eigenvalue weighted by Crippen LogP contribution is -2.42. The highest BCUT2D eigenvalue weighted by atomic mass is 16.4. The largest absolute Gasteiger partial charge is 0.465 e. The number of rotatable bonds is 6. The van der Waals surface area contributed by atoms with Crippen LogP contribution in [0.2, 0.25) is 0 Å². The molecule has 0 aromatic heterocycles. The first-order valence-electron chi connectivity index (χ1n) is 5.65. The van der Waals surface area contributed by atoms with E-state index in [1.54, 1.807) is 0 Å². The summed E-state index contributed by atoms with van der Waals surface area (Å²) >= 11 is 0. The molecule has 0 aliphatic rings. The summed E-state index contributed by atoms with van der Waals surface area (Å²) < 4.78 is 0. The molecule has 0 aliphatic carbocycles. The number of hydrogen-bond donors (Lipinski definition) is 3. The molecule has 0 fully saturated rings. The summed E-state index contributed by atoms with van der Waals surface area (Å²) in [6, 6.07) is 0. The minimum Gasteiger partial charge on any atom is -0.465 e. The Morgan fingerprint density at radius 2 is 2.06 bits per heavy atom. The van der Waals surface area contributed by atoms with Crippen molar-refractivity contribution in [2.45, 2.75) is 45.6 Å². The first-order chi connectivity index (χ1) is 7.48. The van der Waals surface area contributed by atoms with Gasteiger partial charge in [-0.25, -0.2) is 4.79 Å². The Kier molecular flexibility index (Phi) is 7.40. The SMILES string of the molecule is CCCNCC#CCCC(C)(C)NC(=O)O. The van der Waals surface area contributed by atoms with Gasteiger partial charge in [-0.3, -0.25) is 0 Å². The lowest BCUT2D eigenvalue weighted by molar-refractivity contribution is 0.181. The average Bonchev–Trinajstić information content (AvgIpc) is 2.14. The molecule has 0 aliphatic heterocycles. The van der Waals surface area contributed by atoms with E-state index < -0.39 is 11.6 Å². The van der Waals surface area contributed by atoms with E-state index >= 15 is 0 Å². The van der Waals surface area contributed by atoms with Gasteiger partial charge in [0.15, 0.2) is 0 Å². The van der Waals surface area contributed by atoms with Crippen LogP contribution in [0.3, 0.4) is 0 Å². The van der Waals surface area contributed by atoms with Crippen molar-refractivity contribution in [3.8, 4) is 11.8 Å². The van der Waals surface area contributed by atoms with Gasteiger partial charge in [0.1, 0.15) is 0 Å². The molecule has 16 heavy (non-hydrogen) atoms. The Hall–Kier alpha value is -1.21. The highest BCUT2D eigenvalue weighted by Crippen LogP contribution is 2.09. The minimum atomic E-state index is -0.984. The van der Waals surface area contributed by atoms with Crippen LogP contribution in [0.1, 0.15) is 40.0 Å². The van der Waals surface area contributed by atoms with Crippen molar-refractivity contribution < 1.29 is 9.90 Å². The van der Waals surface area contributed by atoms with Crippen molar-refractivity contribution in [1.82, 2.24) is 10.6 Å². The summed E-state index contributed by atoms with van der Waals surface area (Å²) in [5.41, 5.74) is -0.405. The van der Waals surface area contributed by atoms with E-state index in [1.165, 1.54) is 0 Å². The van der Waals surface area contributed by atoms with E-state index in [4.69, 9.17) is 5.11 Å². The van der Waals surface area contributed by atoms with Crippen LogP contribution in [-0.2, 0) is 0 Å². The molecule has 0 spiro atoms. The van der Waals surface area contributed by atoms with Gasteiger partial charge in [-0.1, -0.05) is 12.8 Å². The van der Waals surface area contributed by atoms with E-state index in [9.17, 15) is 4.79 Å². The van der Waals surface area contributed by atoms with Crippen molar-refractivity contribution >= 4 is 6.09 Å². The lowest BCUT2D eigenvalue weighted by Gasteiger charge is -2.23. The zero-order valence-corrected chi connectivity index (χ0v) is 10.4. The fourth-order valence-corrected chi connectivity index (χ4v) is 1.21. The monoisotopic (exact) mass is 226 g/mol. The van der Waals surface area contributed by atoms with Crippen LogP contribution in [-0.4, -0.2) is 29.8 Å². The first-order valence-corrected chi connectivity index (χ1v) is 5.65. The van der Waals surface area contributed by atoms with E-state index in [2.05, 4.69) is 29.4 Å². The maximum absolute atomic E-state index is 10.5. The molecule has 0 heterocycles. The molecular formula is C12H22N2O2. The molecule has 0 aromatic rings. The van der Waals surface area contributed by atoms with Gasteiger partial charge < -0.3 is 15.7 Å². The van der Waals surface area contributed by atoms with Crippen LogP contribution in [0.25, 0.3) is 0 Å². The van der Waals surface area contributed by atoms with Crippen LogP contribution in [0, 0.1) is 11.8 Å². The van der Waals surface area contributed by atoms with Gasteiger partial charge in [0.2, 0.25) is 0 Å². The molecule has 0 rings (SSSR count). The van der Waals surface area contributed by atoms with Crippen LogP contribution < -0.4 is 10.6 Å². The van der Waals surface area contributed by atoms with Crippen LogP contribution in [0.15, 0.2) is 0 Å². The van der Waals surface area contributed by atoms with Crippen molar-refractivity contribution in [2.75, 3.05) is 13.1 Å². The van der Waals surface area contributed by atoms with Gasteiger partial charge >= 0.3 is 6.09 Å². The number of carboxylic acid groups (broad SMARTS) is 1. The van der Waals surface area contributed by atoms with E-state index in [1.807, 2.05) is 13.8 Å². The molecule has 0 bridgehead atoms. The topological polar surface area (TPSA) is 61.4 Å². The molecular weight excluding hydrogens is 204 g/mol. The standard InChI is InChI=1S/C12H22N2O2/c1-4-9-13-10-7-5-6-8-12(2,3)14-11(15)16/h13-14H,4,6,8-10H2,1-3H3,(H,15,16). The van der Waals surface area contributed by atoms with Gasteiger partial charge in [-0.2, -0.15) is 0 Å². The predicted octanol–water partition coefficient (Wildman–Crippen LogP) is 1.82. The molecule has 0 saturated carbocycles. The summed E-state index contributed by atoms with van der Waals surface area (Å²) in [5.74, 6) is 6.04. The van der Waals surface area contributed by atoms with E-state index in [0.29, 0.717) is 13.0 Å².